The van der Waals surface area contributed by atoms with Gasteiger partial charge < -0.3 is 9.64 Å². The first-order valence-electron chi connectivity index (χ1n) is 6.83. The number of ether oxygens (including phenoxy) is 1. The fourth-order valence-corrected chi connectivity index (χ4v) is 2.62. The fourth-order valence-electron chi connectivity index (χ4n) is 2.62. The van der Waals surface area contributed by atoms with Crippen molar-refractivity contribution >= 4 is 5.91 Å². The largest absolute Gasteiger partial charge is 0.416 e. The molecule has 0 aliphatic carbocycles. The van der Waals surface area contributed by atoms with E-state index < -0.39 is 11.7 Å². The molecule has 1 unspecified atom stereocenters. The van der Waals surface area contributed by atoms with Crippen LogP contribution in [-0.2, 0) is 22.1 Å². The first-order valence-corrected chi connectivity index (χ1v) is 6.83. The van der Waals surface area contributed by atoms with Gasteiger partial charge in [-0.25, -0.2) is 0 Å². The number of alkyl halides is 3. The second kappa shape index (κ2) is 6.47. The minimum absolute atomic E-state index is 0.0454. The van der Waals surface area contributed by atoms with Crippen LogP contribution in [0.5, 0.6) is 0 Å². The number of hydrogen-bond donors (Lipinski definition) is 0. The Bertz CT molecular complexity index is 502. The SMILES string of the molecule is COCCN1CC(Cc2cccc(C(F)(F)F)c2)CC1=O. The van der Waals surface area contributed by atoms with E-state index in [4.69, 9.17) is 4.74 Å². The van der Waals surface area contributed by atoms with Crippen LogP contribution >= 0.6 is 0 Å². The normalized spacial score (nSPS) is 19.3. The molecule has 1 aliphatic rings. The highest BCUT2D eigenvalue weighted by molar-refractivity contribution is 5.78. The van der Waals surface area contributed by atoms with E-state index in [-0.39, 0.29) is 11.8 Å². The van der Waals surface area contributed by atoms with Gasteiger partial charge in [-0.15, -0.1) is 0 Å². The summed E-state index contributed by atoms with van der Waals surface area (Å²) in [5.74, 6) is 0.113. The maximum atomic E-state index is 12.7. The number of likely N-dealkylation sites (tertiary alicyclic amines) is 1. The summed E-state index contributed by atoms with van der Waals surface area (Å²) in [5, 5.41) is 0. The van der Waals surface area contributed by atoms with Gasteiger partial charge in [0.05, 0.1) is 12.2 Å². The van der Waals surface area contributed by atoms with Crippen molar-refractivity contribution in [2.45, 2.75) is 19.0 Å². The van der Waals surface area contributed by atoms with Gasteiger partial charge >= 0.3 is 6.18 Å². The minimum Gasteiger partial charge on any atom is -0.383 e. The zero-order valence-electron chi connectivity index (χ0n) is 11.8. The van der Waals surface area contributed by atoms with Crippen molar-refractivity contribution in [3.05, 3.63) is 35.4 Å². The van der Waals surface area contributed by atoms with Gasteiger partial charge in [0.2, 0.25) is 5.91 Å². The van der Waals surface area contributed by atoms with Crippen LogP contribution in [0.1, 0.15) is 17.5 Å². The summed E-state index contributed by atoms with van der Waals surface area (Å²) in [6, 6.07) is 5.33. The summed E-state index contributed by atoms with van der Waals surface area (Å²) in [6.07, 6.45) is -3.45. The fraction of sp³-hybridized carbons (Fsp3) is 0.533. The number of carbonyl (C=O) groups excluding carboxylic acids is 1. The highest BCUT2D eigenvalue weighted by Gasteiger charge is 2.32. The molecule has 0 bridgehead atoms. The molecule has 1 heterocycles. The zero-order chi connectivity index (χ0) is 15.5. The monoisotopic (exact) mass is 301 g/mol. The van der Waals surface area contributed by atoms with Gasteiger partial charge in [0.1, 0.15) is 0 Å². The lowest BCUT2D eigenvalue weighted by molar-refractivity contribution is -0.137. The average Bonchev–Trinajstić information content (AvgIpc) is 2.76. The van der Waals surface area contributed by atoms with Crippen LogP contribution in [0.25, 0.3) is 0 Å². The van der Waals surface area contributed by atoms with E-state index in [9.17, 15) is 18.0 Å². The first-order chi connectivity index (χ1) is 9.90. The van der Waals surface area contributed by atoms with Gasteiger partial charge in [-0.1, -0.05) is 18.2 Å². The smallest absolute Gasteiger partial charge is 0.383 e. The van der Waals surface area contributed by atoms with Crippen molar-refractivity contribution in [1.29, 1.82) is 0 Å². The van der Waals surface area contributed by atoms with E-state index in [0.29, 0.717) is 38.1 Å². The van der Waals surface area contributed by atoms with Gasteiger partial charge in [-0.2, -0.15) is 13.2 Å². The average molecular weight is 301 g/mol. The first kappa shape index (κ1) is 15.8. The molecule has 0 aromatic heterocycles. The lowest BCUT2D eigenvalue weighted by Gasteiger charge is -2.16. The van der Waals surface area contributed by atoms with Crippen LogP contribution in [0.2, 0.25) is 0 Å². The molecule has 1 amide bonds. The van der Waals surface area contributed by atoms with Crippen LogP contribution in [0.3, 0.4) is 0 Å². The Morgan fingerprint density at radius 1 is 1.38 bits per heavy atom. The molecular weight excluding hydrogens is 283 g/mol. The summed E-state index contributed by atoms with van der Waals surface area (Å²) < 4.78 is 42.9. The van der Waals surface area contributed by atoms with Crippen molar-refractivity contribution < 1.29 is 22.7 Å². The van der Waals surface area contributed by atoms with Crippen LogP contribution in [0.15, 0.2) is 24.3 Å². The molecule has 1 fully saturated rings. The zero-order valence-corrected chi connectivity index (χ0v) is 11.8. The van der Waals surface area contributed by atoms with Crippen LogP contribution in [0, 0.1) is 5.92 Å². The van der Waals surface area contributed by atoms with E-state index in [0.717, 1.165) is 6.07 Å². The Labute approximate surface area is 121 Å². The molecule has 1 aliphatic heterocycles. The Kier molecular flexibility index (Phi) is 4.88. The van der Waals surface area contributed by atoms with Crippen LogP contribution in [-0.4, -0.2) is 37.6 Å². The second-order valence-corrected chi connectivity index (χ2v) is 5.30. The molecule has 2 rings (SSSR count). The predicted octanol–water partition coefficient (Wildman–Crippen LogP) is 2.74. The molecule has 116 valence electrons. The van der Waals surface area contributed by atoms with Gasteiger partial charge in [0, 0.05) is 26.6 Å². The number of halogens is 3. The van der Waals surface area contributed by atoms with Crippen molar-refractivity contribution in [3.8, 4) is 0 Å². The molecule has 0 saturated carbocycles. The lowest BCUT2D eigenvalue weighted by atomic mass is 9.97. The maximum absolute atomic E-state index is 12.7. The Hall–Kier alpha value is -1.56. The highest BCUT2D eigenvalue weighted by atomic mass is 19.4. The number of carbonyl (C=O) groups is 1. The molecule has 1 saturated heterocycles. The molecule has 1 atom stereocenters. The standard InChI is InChI=1S/C15H18F3NO2/c1-21-6-5-19-10-12(9-14(19)20)7-11-3-2-4-13(8-11)15(16,17)18/h2-4,8,12H,5-7,9-10H2,1H3. The third-order valence-corrected chi connectivity index (χ3v) is 3.64. The van der Waals surface area contributed by atoms with Crippen LogP contribution in [0.4, 0.5) is 13.2 Å². The maximum Gasteiger partial charge on any atom is 0.416 e. The molecule has 0 N–H and O–H groups in total. The molecule has 6 heteroatoms. The number of benzene rings is 1. The molecule has 3 nitrogen and oxygen atoms in total. The Morgan fingerprint density at radius 3 is 2.81 bits per heavy atom. The van der Waals surface area contributed by atoms with Crippen molar-refractivity contribution in [1.82, 2.24) is 4.90 Å². The predicted molar refractivity (Wildman–Crippen MR) is 71.7 cm³/mol. The van der Waals surface area contributed by atoms with E-state index in [1.54, 1.807) is 18.1 Å². The number of hydrogen-bond acceptors (Lipinski definition) is 2. The third-order valence-electron chi connectivity index (χ3n) is 3.64. The molecule has 0 radical (unpaired) electrons. The summed E-state index contributed by atoms with van der Waals surface area (Å²) in [4.78, 5) is 13.5. The number of nitrogens with zero attached hydrogens (tertiary/aromatic N) is 1. The highest BCUT2D eigenvalue weighted by Crippen LogP contribution is 2.30. The number of amides is 1. The van der Waals surface area contributed by atoms with E-state index in [1.165, 1.54) is 12.1 Å². The molecular formula is C15H18F3NO2. The summed E-state index contributed by atoms with van der Waals surface area (Å²) in [7, 11) is 1.57. The van der Waals surface area contributed by atoms with E-state index >= 15 is 0 Å². The minimum atomic E-state index is -4.33. The number of methoxy groups -OCH3 is 1. The topological polar surface area (TPSA) is 29.5 Å². The molecule has 1 aromatic carbocycles. The van der Waals surface area contributed by atoms with Crippen molar-refractivity contribution in [2.24, 2.45) is 5.92 Å². The second-order valence-electron chi connectivity index (χ2n) is 5.30. The lowest BCUT2D eigenvalue weighted by Crippen LogP contribution is -2.28. The molecule has 1 aromatic rings. The molecule has 0 spiro atoms. The van der Waals surface area contributed by atoms with Gasteiger partial charge in [-0.3, -0.25) is 4.79 Å². The third kappa shape index (κ3) is 4.20. The van der Waals surface area contributed by atoms with Gasteiger partial charge in [0.15, 0.2) is 0 Å². The summed E-state index contributed by atoms with van der Waals surface area (Å²) in [6.45, 7) is 1.59. The Morgan fingerprint density at radius 2 is 2.14 bits per heavy atom. The quantitative estimate of drug-likeness (QED) is 0.837. The van der Waals surface area contributed by atoms with Crippen LogP contribution < -0.4 is 0 Å². The Balaban J connectivity index is 1.98. The molecule has 21 heavy (non-hydrogen) atoms. The van der Waals surface area contributed by atoms with E-state index in [1.807, 2.05) is 0 Å². The summed E-state index contributed by atoms with van der Waals surface area (Å²) in [5.41, 5.74) is -0.0169. The van der Waals surface area contributed by atoms with Gasteiger partial charge in [-0.05, 0) is 24.0 Å². The van der Waals surface area contributed by atoms with Crippen molar-refractivity contribution in [2.75, 3.05) is 26.8 Å². The van der Waals surface area contributed by atoms with E-state index in [2.05, 4.69) is 0 Å². The van der Waals surface area contributed by atoms with Gasteiger partial charge in [0.25, 0.3) is 0 Å². The summed E-state index contributed by atoms with van der Waals surface area (Å²) >= 11 is 0. The van der Waals surface area contributed by atoms with Crippen molar-refractivity contribution in [3.63, 3.8) is 0 Å². The number of rotatable bonds is 5.